The van der Waals surface area contributed by atoms with Crippen LogP contribution < -0.4 is 10.5 Å². The highest BCUT2D eigenvalue weighted by Gasteiger charge is 2.02. The second-order valence-electron chi connectivity index (χ2n) is 2.80. The van der Waals surface area contributed by atoms with E-state index in [4.69, 9.17) is 15.2 Å². The molecule has 1 aromatic rings. The van der Waals surface area contributed by atoms with Crippen LogP contribution in [0.2, 0.25) is 0 Å². The van der Waals surface area contributed by atoms with Crippen molar-refractivity contribution in [1.29, 1.82) is 0 Å². The molecule has 0 aromatic heterocycles. The van der Waals surface area contributed by atoms with Crippen LogP contribution in [0.3, 0.4) is 0 Å². The maximum absolute atomic E-state index is 13.2. The van der Waals surface area contributed by atoms with Crippen molar-refractivity contribution in [3.63, 3.8) is 0 Å². The topological polar surface area (TPSA) is 44.5 Å². The lowest BCUT2D eigenvalue weighted by Crippen LogP contribution is -2.05. The summed E-state index contributed by atoms with van der Waals surface area (Å²) >= 11 is 0. The van der Waals surface area contributed by atoms with E-state index in [9.17, 15) is 4.39 Å². The minimum Gasteiger partial charge on any atom is -0.491 e. The van der Waals surface area contributed by atoms with Gasteiger partial charge in [0.25, 0.3) is 0 Å². The fourth-order valence-electron chi connectivity index (χ4n) is 1.03. The lowest BCUT2D eigenvalue weighted by molar-refractivity contribution is 0.146. The van der Waals surface area contributed by atoms with Crippen molar-refractivity contribution in [2.24, 2.45) is 5.73 Å². The Morgan fingerprint density at radius 1 is 1.36 bits per heavy atom. The fourth-order valence-corrected chi connectivity index (χ4v) is 1.03. The van der Waals surface area contributed by atoms with Gasteiger partial charge in [-0.15, -0.1) is 0 Å². The Kier molecular flexibility index (Phi) is 4.35. The summed E-state index contributed by atoms with van der Waals surface area (Å²) in [6, 6.07) is 4.65. The van der Waals surface area contributed by atoms with E-state index in [2.05, 4.69) is 0 Å². The summed E-state index contributed by atoms with van der Waals surface area (Å²) in [4.78, 5) is 0. The third-order valence-corrected chi connectivity index (χ3v) is 1.80. The summed E-state index contributed by atoms with van der Waals surface area (Å²) in [5, 5.41) is 0. The first-order valence-electron chi connectivity index (χ1n) is 4.38. The molecule has 0 amide bonds. The predicted molar refractivity (Wildman–Crippen MR) is 51.7 cm³/mol. The first-order chi connectivity index (χ1) is 6.77. The summed E-state index contributed by atoms with van der Waals surface area (Å²) in [7, 11) is 1.58. The average molecular weight is 199 g/mol. The second-order valence-corrected chi connectivity index (χ2v) is 2.80. The van der Waals surface area contributed by atoms with Gasteiger partial charge in [-0.3, -0.25) is 0 Å². The number of benzene rings is 1. The SMILES string of the molecule is COCCOc1ccc(CN)c(F)c1. The Hall–Kier alpha value is -1.13. The number of halogens is 1. The highest BCUT2D eigenvalue weighted by atomic mass is 19.1. The summed E-state index contributed by atoms with van der Waals surface area (Å²) in [6.45, 7) is 1.10. The van der Waals surface area contributed by atoms with Crippen LogP contribution in [0.25, 0.3) is 0 Å². The minimum absolute atomic E-state index is 0.199. The van der Waals surface area contributed by atoms with Gasteiger partial charge in [-0.25, -0.2) is 4.39 Å². The van der Waals surface area contributed by atoms with Crippen LogP contribution in [0.4, 0.5) is 4.39 Å². The molecule has 2 N–H and O–H groups in total. The third kappa shape index (κ3) is 2.97. The molecule has 1 rings (SSSR count). The molecule has 4 heteroatoms. The van der Waals surface area contributed by atoms with E-state index in [-0.39, 0.29) is 12.4 Å². The van der Waals surface area contributed by atoms with Gasteiger partial charge >= 0.3 is 0 Å². The van der Waals surface area contributed by atoms with Crippen molar-refractivity contribution in [3.8, 4) is 5.75 Å². The van der Waals surface area contributed by atoms with E-state index in [1.807, 2.05) is 0 Å². The molecule has 0 saturated heterocycles. The molecule has 0 unspecified atom stereocenters. The van der Waals surface area contributed by atoms with Gasteiger partial charge < -0.3 is 15.2 Å². The van der Waals surface area contributed by atoms with Crippen LogP contribution in [-0.4, -0.2) is 20.3 Å². The Balaban J connectivity index is 2.57. The van der Waals surface area contributed by atoms with Crippen LogP contribution in [-0.2, 0) is 11.3 Å². The summed E-state index contributed by atoms with van der Waals surface area (Å²) in [5.41, 5.74) is 5.81. The number of methoxy groups -OCH3 is 1. The smallest absolute Gasteiger partial charge is 0.131 e. The molecule has 1 aromatic carbocycles. The molecule has 0 saturated carbocycles. The molecule has 0 bridgehead atoms. The summed E-state index contributed by atoms with van der Waals surface area (Å²) in [6.07, 6.45) is 0. The van der Waals surface area contributed by atoms with Crippen LogP contribution in [0.5, 0.6) is 5.75 Å². The van der Waals surface area contributed by atoms with E-state index < -0.39 is 0 Å². The maximum atomic E-state index is 13.2. The van der Waals surface area contributed by atoms with E-state index >= 15 is 0 Å². The van der Waals surface area contributed by atoms with E-state index in [1.165, 1.54) is 6.07 Å². The Morgan fingerprint density at radius 3 is 2.71 bits per heavy atom. The fraction of sp³-hybridized carbons (Fsp3) is 0.400. The highest BCUT2D eigenvalue weighted by Crippen LogP contribution is 2.15. The number of hydrogen-bond acceptors (Lipinski definition) is 3. The molecular weight excluding hydrogens is 185 g/mol. The quantitative estimate of drug-likeness (QED) is 0.727. The molecule has 0 spiro atoms. The number of ether oxygens (including phenoxy) is 2. The van der Waals surface area contributed by atoms with Crippen molar-refractivity contribution in [2.75, 3.05) is 20.3 Å². The molecule has 0 heterocycles. The van der Waals surface area contributed by atoms with Crippen molar-refractivity contribution in [1.82, 2.24) is 0 Å². The lowest BCUT2D eigenvalue weighted by Gasteiger charge is -2.06. The van der Waals surface area contributed by atoms with Gasteiger partial charge in [0.1, 0.15) is 18.2 Å². The Labute approximate surface area is 82.6 Å². The first kappa shape index (κ1) is 10.9. The third-order valence-electron chi connectivity index (χ3n) is 1.80. The molecule has 0 aliphatic carbocycles. The number of nitrogens with two attached hydrogens (primary N) is 1. The molecule has 0 atom stereocenters. The molecular formula is C10H14FNO2. The van der Waals surface area contributed by atoms with E-state index in [1.54, 1.807) is 19.2 Å². The second kappa shape index (κ2) is 5.57. The van der Waals surface area contributed by atoms with Gasteiger partial charge in [0.2, 0.25) is 0 Å². The molecule has 0 radical (unpaired) electrons. The Bertz CT molecular complexity index is 291. The van der Waals surface area contributed by atoms with Crippen molar-refractivity contribution in [3.05, 3.63) is 29.6 Å². The van der Waals surface area contributed by atoms with Gasteiger partial charge in [0.05, 0.1) is 6.61 Å². The zero-order chi connectivity index (χ0) is 10.4. The summed E-state index contributed by atoms with van der Waals surface area (Å²) < 4.78 is 23.2. The van der Waals surface area contributed by atoms with Gasteiger partial charge in [0.15, 0.2) is 0 Å². The monoisotopic (exact) mass is 199 g/mol. The van der Waals surface area contributed by atoms with Gasteiger partial charge in [0, 0.05) is 25.3 Å². The average Bonchev–Trinajstić information content (AvgIpc) is 2.18. The molecule has 78 valence electrons. The van der Waals surface area contributed by atoms with E-state index in [0.29, 0.717) is 24.5 Å². The standard InChI is InChI=1S/C10H14FNO2/c1-13-4-5-14-9-3-2-8(7-12)10(11)6-9/h2-3,6H,4-5,7,12H2,1H3. The molecule has 0 aliphatic heterocycles. The van der Waals surface area contributed by atoms with Gasteiger partial charge in [-0.2, -0.15) is 0 Å². The zero-order valence-electron chi connectivity index (χ0n) is 8.13. The molecule has 3 nitrogen and oxygen atoms in total. The first-order valence-corrected chi connectivity index (χ1v) is 4.38. The van der Waals surface area contributed by atoms with Crippen LogP contribution >= 0.6 is 0 Å². The summed E-state index contributed by atoms with van der Waals surface area (Å²) in [5.74, 6) is 0.166. The predicted octanol–water partition coefficient (Wildman–Crippen LogP) is 1.31. The van der Waals surface area contributed by atoms with Crippen molar-refractivity contribution >= 4 is 0 Å². The van der Waals surface area contributed by atoms with Crippen molar-refractivity contribution in [2.45, 2.75) is 6.54 Å². The number of rotatable bonds is 5. The Morgan fingerprint density at radius 2 is 2.14 bits per heavy atom. The van der Waals surface area contributed by atoms with Crippen LogP contribution in [0.15, 0.2) is 18.2 Å². The normalized spacial score (nSPS) is 10.2. The minimum atomic E-state index is -0.331. The zero-order valence-corrected chi connectivity index (χ0v) is 8.13. The number of hydrogen-bond donors (Lipinski definition) is 1. The van der Waals surface area contributed by atoms with Crippen LogP contribution in [0, 0.1) is 5.82 Å². The van der Waals surface area contributed by atoms with Crippen molar-refractivity contribution < 1.29 is 13.9 Å². The molecule has 14 heavy (non-hydrogen) atoms. The lowest BCUT2D eigenvalue weighted by atomic mass is 10.2. The maximum Gasteiger partial charge on any atom is 0.131 e. The van der Waals surface area contributed by atoms with Crippen LogP contribution in [0.1, 0.15) is 5.56 Å². The highest BCUT2D eigenvalue weighted by molar-refractivity contribution is 5.28. The molecule has 0 fully saturated rings. The van der Waals surface area contributed by atoms with Gasteiger partial charge in [-0.05, 0) is 6.07 Å². The molecule has 0 aliphatic rings. The van der Waals surface area contributed by atoms with E-state index in [0.717, 1.165) is 0 Å². The van der Waals surface area contributed by atoms with Gasteiger partial charge in [-0.1, -0.05) is 6.07 Å². The largest absolute Gasteiger partial charge is 0.491 e.